The van der Waals surface area contributed by atoms with Gasteiger partial charge in [0.25, 0.3) is 5.91 Å². The molecule has 0 bridgehead atoms. The Morgan fingerprint density at radius 1 is 0.951 bits per heavy atom. The standard InChI is InChI=1S/C30H36N8O2S/c1-19-11-16-41-27(19)28(39)37-14-12-36(13-15-37)25-10-9-23(21(3)32-25)33-29(40)34-26-17-24(30(4,5)6)35-38(26)22-8-7-20(2)31-18-22/h7-11,16-18H,12-15H2,1-6H3,(H2,33,34,40). The van der Waals surface area contributed by atoms with E-state index in [4.69, 9.17) is 10.1 Å². The molecule has 11 heteroatoms. The van der Waals surface area contributed by atoms with Gasteiger partial charge in [-0.25, -0.2) is 14.5 Å². The first kappa shape index (κ1) is 28.3. The van der Waals surface area contributed by atoms with Crippen LogP contribution in [0.2, 0.25) is 0 Å². The van der Waals surface area contributed by atoms with E-state index in [1.54, 1.807) is 10.9 Å². The second kappa shape index (κ2) is 11.3. The number of piperazine rings is 1. The summed E-state index contributed by atoms with van der Waals surface area (Å²) in [6.07, 6.45) is 1.74. The molecule has 0 aromatic carbocycles. The van der Waals surface area contributed by atoms with E-state index in [1.165, 1.54) is 11.3 Å². The number of rotatable bonds is 5. The summed E-state index contributed by atoms with van der Waals surface area (Å²) in [5.74, 6) is 1.47. The number of aromatic nitrogens is 4. The van der Waals surface area contributed by atoms with Crippen LogP contribution in [0.4, 0.5) is 22.1 Å². The first-order valence-electron chi connectivity index (χ1n) is 13.7. The predicted octanol–water partition coefficient (Wildman–Crippen LogP) is 5.55. The number of aryl methyl sites for hydroxylation is 3. The lowest BCUT2D eigenvalue weighted by Gasteiger charge is -2.35. The molecule has 1 saturated heterocycles. The summed E-state index contributed by atoms with van der Waals surface area (Å²) in [6, 6.07) is 11.1. The second-order valence-corrected chi connectivity index (χ2v) is 12.2. The minimum Gasteiger partial charge on any atom is -0.353 e. The highest BCUT2D eigenvalue weighted by atomic mass is 32.1. The second-order valence-electron chi connectivity index (χ2n) is 11.3. The molecule has 41 heavy (non-hydrogen) atoms. The molecular weight excluding hydrogens is 536 g/mol. The van der Waals surface area contributed by atoms with Crippen molar-refractivity contribution in [2.24, 2.45) is 0 Å². The van der Waals surface area contributed by atoms with Crippen molar-refractivity contribution >= 4 is 40.6 Å². The van der Waals surface area contributed by atoms with Crippen LogP contribution in [0.1, 0.15) is 53.1 Å². The quantitative estimate of drug-likeness (QED) is 0.325. The minimum absolute atomic E-state index is 0.0986. The van der Waals surface area contributed by atoms with E-state index in [0.717, 1.165) is 33.3 Å². The van der Waals surface area contributed by atoms with Crippen molar-refractivity contribution in [2.75, 3.05) is 41.7 Å². The fourth-order valence-electron chi connectivity index (χ4n) is 4.62. The molecule has 0 atom stereocenters. The Morgan fingerprint density at radius 3 is 2.32 bits per heavy atom. The van der Waals surface area contributed by atoms with Crippen LogP contribution in [0.15, 0.2) is 48.0 Å². The molecular formula is C30H36N8O2S. The van der Waals surface area contributed by atoms with Gasteiger partial charge in [-0.05, 0) is 62.0 Å². The van der Waals surface area contributed by atoms with Crippen molar-refractivity contribution in [3.05, 3.63) is 75.5 Å². The number of urea groups is 1. The average molecular weight is 573 g/mol. The van der Waals surface area contributed by atoms with Crippen LogP contribution in [0, 0.1) is 20.8 Å². The zero-order valence-corrected chi connectivity index (χ0v) is 25.2. The van der Waals surface area contributed by atoms with Crippen molar-refractivity contribution in [1.29, 1.82) is 0 Å². The third-order valence-electron chi connectivity index (χ3n) is 7.13. The molecule has 10 nitrogen and oxygen atoms in total. The van der Waals surface area contributed by atoms with Crippen LogP contribution in [0.25, 0.3) is 5.69 Å². The SMILES string of the molecule is Cc1ccc(-n2nc(C(C)(C)C)cc2NC(=O)Nc2ccc(N3CCN(C(=O)c4sccc4C)CC3)nc2C)cn1. The van der Waals surface area contributed by atoms with E-state index in [0.29, 0.717) is 43.4 Å². The third-order valence-corrected chi connectivity index (χ3v) is 8.13. The van der Waals surface area contributed by atoms with E-state index in [2.05, 4.69) is 41.3 Å². The van der Waals surface area contributed by atoms with Crippen molar-refractivity contribution in [3.8, 4) is 5.69 Å². The molecule has 0 aliphatic carbocycles. The highest BCUT2D eigenvalue weighted by molar-refractivity contribution is 7.12. The molecule has 3 amide bonds. The van der Waals surface area contributed by atoms with Crippen molar-refractivity contribution in [1.82, 2.24) is 24.6 Å². The van der Waals surface area contributed by atoms with Crippen molar-refractivity contribution < 1.29 is 9.59 Å². The third kappa shape index (κ3) is 6.25. The van der Waals surface area contributed by atoms with Crippen LogP contribution in [-0.4, -0.2) is 62.8 Å². The number of amides is 3. The molecule has 5 rings (SSSR count). The molecule has 0 saturated carbocycles. The van der Waals surface area contributed by atoms with Crippen LogP contribution >= 0.6 is 11.3 Å². The Morgan fingerprint density at radius 2 is 1.71 bits per heavy atom. The van der Waals surface area contributed by atoms with E-state index >= 15 is 0 Å². The van der Waals surface area contributed by atoms with Gasteiger partial charge in [-0.1, -0.05) is 20.8 Å². The highest BCUT2D eigenvalue weighted by Crippen LogP contribution is 2.27. The number of hydrogen-bond acceptors (Lipinski definition) is 7. The van der Waals surface area contributed by atoms with E-state index < -0.39 is 0 Å². The Hall–Kier alpha value is -4.25. The van der Waals surface area contributed by atoms with Gasteiger partial charge in [0, 0.05) is 43.4 Å². The van der Waals surface area contributed by atoms with E-state index in [1.807, 2.05) is 67.4 Å². The molecule has 4 aromatic rings. The summed E-state index contributed by atoms with van der Waals surface area (Å²) >= 11 is 1.49. The average Bonchev–Trinajstić information content (AvgIpc) is 3.56. The van der Waals surface area contributed by atoms with Crippen LogP contribution < -0.4 is 15.5 Å². The minimum atomic E-state index is -0.389. The molecule has 5 heterocycles. The number of nitrogens with one attached hydrogen (secondary N) is 2. The van der Waals surface area contributed by atoms with Crippen molar-refractivity contribution in [2.45, 2.75) is 47.0 Å². The highest BCUT2D eigenvalue weighted by Gasteiger charge is 2.25. The van der Waals surface area contributed by atoms with Gasteiger partial charge in [0.05, 0.1) is 33.8 Å². The summed E-state index contributed by atoms with van der Waals surface area (Å²) in [6.45, 7) is 14.7. The van der Waals surface area contributed by atoms with Gasteiger partial charge in [-0.15, -0.1) is 11.3 Å². The van der Waals surface area contributed by atoms with Crippen LogP contribution in [-0.2, 0) is 5.41 Å². The Bertz CT molecular complexity index is 1560. The zero-order chi connectivity index (χ0) is 29.3. The lowest BCUT2D eigenvalue weighted by molar-refractivity contribution is 0.0750. The lowest BCUT2D eigenvalue weighted by atomic mass is 9.92. The Labute approximate surface area is 244 Å². The smallest absolute Gasteiger partial charge is 0.324 e. The molecule has 1 aliphatic heterocycles. The maximum atomic E-state index is 13.1. The van der Waals surface area contributed by atoms with Crippen molar-refractivity contribution in [3.63, 3.8) is 0 Å². The van der Waals surface area contributed by atoms with Gasteiger partial charge >= 0.3 is 6.03 Å². The molecule has 1 aliphatic rings. The van der Waals surface area contributed by atoms with E-state index in [-0.39, 0.29) is 17.4 Å². The molecule has 2 N–H and O–H groups in total. The number of carbonyl (C=O) groups excluding carboxylic acids is 2. The molecule has 1 fully saturated rings. The maximum absolute atomic E-state index is 13.1. The number of hydrogen-bond donors (Lipinski definition) is 2. The number of pyridine rings is 2. The summed E-state index contributed by atoms with van der Waals surface area (Å²) in [7, 11) is 0. The van der Waals surface area contributed by atoms with Gasteiger partial charge in [0.1, 0.15) is 11.6 Å². The number of thiophene rings is 1. The monoisotopic (exact) mass is 572 g/mol. The topological polar surface area (TPSA) is 108 Å². The summed E-state index contributed by atoms with van der Waals surface area (Å²) in [5, 5.41) is 12.6. The molecule has 214 valence electrons. The van der Waals surface area contributed by atoms with Gasteiger partial charge < -0.3 is 15.1 Å². The molecule has 4 aromatic heterocycles. The fraction of sp³-hybridized carbons (Fsp3) is 0.367. The Balaban J connectivity index is 1.24. The summed E-state index contributed by atoms with van der Waals surface area (Å²) in [5.41, 5.74) is 4.66. The molecule has 0 unspecified atom stereocenters. The van der Waals surface area contributed by atoms with Gasteiger partial charge in [-0.2, -0.15) is 5.10 Å². The van der Waals surface area contributed by atoms with Gasteiger partial charge in [0.15, 0.2) is 0 Å². The first-order valence-corrected chi connectivity index (χ1v) is 14.5. The largest absolute Gasteiger partial charge is 0.353 e. The lowest BCUT2D eigenvalue weighted by Crippen LogP contribution is -2.49. The number of anilines is 3. The van der Waals surface area contributed by atoms with Gasteiger partial charge in [-0.3, -0.25) is 15.1 Å². The van der Waals surface area contributed by atoms with Gasteiger partial charge in [0.2, 0.25) is 0 Å². The first-order chi connectivity index (χ1) is 19.5. The predicted molar refractivity (Wildman–Crippen MR) is 164 cm³/mol. The van der Waals surface area contributed by atoms with Crippen LogP contribution in [0.5, 0.6) is 0 Å². The number of carbonyl (C=O) groups is 2. The zero-order valence-electron chi connectivity index (χ0n) is 24.4. The maximum Gasteiger partial charge on any atom is 0.324 e. The summed E-state index contributed by atoms with van der Waals surface area (Å²) in [4.78, 5) is 40.0. The van der Waals surface area contributed by atoms with Crippen LogP contribution in [0.3, 0.4) is 0 Å². The Kier molecular flexibility index (Phi) is 7.81. The normalized spacial score (nSPS) is 13.8. The molecule has 0 spiro atoms. The number of nitrogens with zero attached hydrogens (tertiary/aromatic N) is 6. The summed E-state index contributed by atoms with van der Waals surface area (Å²) < 4.78 is 1.70. The van der Waals surface area contributed by atoms with E-state index in [9.17, 15) is 9.59 Å². The fourth-order valence-corrected chi connectivity index (χ4v) is 5.51. The molecule has 0 radical (unpaired) electrons.